The molecule has 0 atom stereocenters. The largest absolute Gasteiger partial charge is 0.433 e. The SMILES string of the molecule is Cc1cc(C(F)(F)F)n(-c2ccc(N=C(N)CCl)cc2)n1. The van der Waals surface area contributed by atoms with Crippen LogP contribution >= 0.6 is 11.6 Å². The van der Waals surface area contributed by atoms with Crippen molar-refractivity contribution in [3.05, 3.63) is 41.7 Å². The first kappa shape index (κ1) is 15.4. The molecule has 8 heteroatoms. The monoisotopic (exact) mass is 316 g/mol. The zero-order chi connectivity index (χ0) is 15.6. The topological polar surface area (TPSA) is 56.2 Å². The molecule has 0 fully saturated rings. The van der Waals surface area contributed by atoms with Gasteiger partial charge in [-0.1, -0.05) is 0 Å². The van der Waals surface area contributed by atoms with Gasteiger partial charge in [0.2, 0.25) is 0 Å². The highest BCUT2D eigenvalue weighted by molar-refractivity contribution is 6.28. The summed E-state index contributed by atoms with van der Waals surface area (Å²) in [5.41, 5.74) is 5.75. The zero-order valence-electron chi connectivity index (χ0n) is 11.0. The Labute approximate surface area is 124 Å². The Balaban J connectivity index is 2.40. The molecule has 0 aliphatic heterocycles. The molecule has 112 valence electrons. The number of halogens is 4. The molecule has 2 rings (SSSR count). The summed E-state index contributed by atoms with van der Waals surface area (Å²) < 4.78 is 39.6. The predicted octanol–water partition coefficient (Wildman–Crippen LogP) is 3.43. The highest BCUT2D eigenvalue weighted by atomic mass is 35.5. The summed E-state index contributed by atoms with van der Waals surface area (Å²) in [5.74, 6) is 0.313. The second-order valence-corrected chi connectivity index (χ2v) is 4.60. The number of aliphatic imine (C=N–C) groups is 1. The smallest absolute Gasteiger partial charge is 0.386 e. The van der Waals surface area contributed by atoms with E-state index < -0.39 is 11.9 Å². The molecule has 0 spiro atoms. The second kappa shape index (κ2) is 5.77. The summed E-state index contributed by atoms with van der Waals surface area (Å²) in [6.07, 6.45) is -4.47. The number of amidine groups is 1. The number of hydrogen-bond donors (Lipinski definition) is 1. The first-order valence-corrected chi connectivity index (χ1v) is 6.48. The second-order valence-electron chi connectivity index (χ2n) is 4.33. The number of alkyl halides is 4. The van der Waals surface area contributed by atoms with Crippen molar-refractivity contribution in [1.29, 1.82) is 0 Å². The maximum atomic E-state index is 12.9. The van der Waals surface area contributed by atoms with Crippen molar-refractivity contribution in [2.24, 2.45) is 10.7 Å². The Kier molecular flexibility index (Phi) is 4.22. The lowest BCUT2D eigenvalue weighted by Gasteiger charge is -2.10. The van der Waals surface area contributed by atoms with Gasteiger partial charge in [0.25, 0.3) is 0 Å². The van der Waals surface area contributed by atoms with Crippen molar-refractivity contribution in [3.63, 3.8) is 0 Å². The van der Waals surface area contributed by atoms with E-state index in [0.717, 1.165) is 10.7 Å². The summed E-state index contributed by atoms with van der Waals surface area (Å²) >= 11 is 5.51. The van der Waals surface area contributed by atoms with Crippen molar-refractivity contribution in [1.82, 2.24) is 9.78 Å². The highest BCUT2D eigenvalue weighted by Crippen LogP contribution is 2.31. The molecule has 21 heavy (non-hydrogen) atoms. The minimum Gasteiger partial charge on any atom is -0.386 e. The Bertz CT molecular complexity index is 659. The van der Waals surface area contributed by atoms with Crippen LogP contribution < -0.4 is 5.73 Å². The van der Waals surface area contributed by atoms with Crippen LogP contribution in [0.5, 0.6) is 0 Å². The molecule has 0 bridgehead atoms. The third-order valence-corrected chi connectivity index (χ3v) is 2.90. The molecule has 0 radical (unpaired) electrons. The van der Waals surface area contributed by atoms with Gasteiger partial charge in [-0.2, -0.15) is 18.3 Å². The van der Waals surface area contributed by atoms with Gasteiger partial charge in [-0.05, 0) is 37.3 Å². The highest BCUT2D eigenvalue weighted by Gasteiger charge is 2.35. The van der Waals surface area contributed by atoms with Crippen LogP contribution in [-0.2, 0) is 6.18 Å². The van der Waals surface area contributed by atoms with Crippen molar-refractivity contribution in [2.45, 2.75) is 13.1 Å². The van der Waals surface area contributed by atoms with E-state index in [0.29, 0.717) is 11.4 Å². The van der Waals surface area contributed by atoms with Gasteiger partial charge in [0, 0.05) is 0 Å². The lowest BCUT2D eigenvalue weighted by molar-refractivity contribution is -0.142. The van der Waals surface area contributed by atoms with Crippen LogP contribution in [-0.4, -0.2) is 21.5 Å². The van der Waals surface area contributed by atoms with Crippen LogP contribution in [0.15, 0.2) is 35.3 Å². The molecule has 4 nitrogen and oxygen atoms in total. The van der Waals surface area contributed by atoms with E-state index in [1.807, 2.05) is 0 Å². The van der Waals surface area contributed by atoms with Crippen LogP contribution in [0, 0.1) is 6.92 Å². The number of benzene rings is 1. The zero-order valence-corrected chi connectivity index (χ0v) is 11.8. The first-order chi connectivity index (χ1) is 9.81. The molecule has 2 aromatic rings. The van der Waals surface area contributed by atoms with E-state index in [2.05, 4.69) is 10.1 Å². The van der Waals surface area contributed by atoms with Gasteiger partial charge >= 0.3 is 6.18 Å². The van der Waals surface area contributed by atoms with E-state index in [9.17, 15) is 13.2 Å². The van der Waals surface area contributed by atoms with Crippen LogP contribution in [0.2, 0.25) is 0 Å². The fourth-order valence-electron chi connectivity index (χ4n) is 1.76. The Morgan fingerprint density at radius 1 is 1.33 bits per heavy atom. The summed E-state index contributed by atoms with van der Waals surface area (Å²) in [5, 5.41) is 3.87. The predicted molar refractivity (Wildman–Crippen MR) is 75.3 cm³/mol. The van der Waals surface area contributed by atoms with Gasteiger partial charge in [-0.25, -0.2) is 9.67 Å². The summed E-state index contributed by atoms with van der Waals surface area (Å²) in [6, 6.07) is 7.07. The van der Waals surface area contributed by atoms with Crippen LogP contribution in [0.25, 0.3) is 5.69 Å². The molecule has 2 N–H and O–H groups in total. The molecule has 1 heterocycles. The number of aryl methyl sites for hydroxylation is 1. The molecule has 1 aromatic carbocycles. The molecule has 1 aromatic heterocycles. The minimum atomic E-state index is -4.47. The number of hydrogen-bond acceptors (Lipinski definition) is 2. The van der Waals surface area contributed by atoms with Crippen molar-refractivity contribution in [2.75, 3.05) is 5.88 Å². The van der Waals surface area contributed by atoms with Gasteiger partial charge in [0.1, 0.15) is 11.5 Å². The maximum absolute atomic E-state index is 12.9. The number of aromatic nitrogens is 2. The molecule has 0 unspecified atom stereocenters. The fraction of sp³-hybridized carbons (Fsp3) is 0.231. The lowest BCUT2D eigenvalue weighted by Crippen LogP contribution is -2.13. The van der Waals surface area contributed by atoms with Crippen LogP contribution in [0.1, 0.15) is 11.4 Å². The molecule has 0 saturated heterocycles. The van der Waals surface area contributed by atoms with E-state index in [4.69, 9.17) is 17.3 Å². The average Bonchev–Trinajstić information content (AvgIpc) is 2.81. The number of nitrogens with two attached hydrogens (primary N) is 1. The number of rotatable bonds is 3. The Morgan fingerprint density at radius 3 is 2.48 bits per heavy atom. The van der Waals surface area contributed by atoms with Gasteiger partial charge in [0.15, 0.2) is 0 Å². The standard InChI is InChI=1S/C13H12ClF3N4/c1-8-6-11(13(15,16)17)21(20-8)10-4-2-9(3-5-10)19-12(18)7-14/h2-6H,7H2,1H3,(H2,18,19). The van der Waals surface area contributed by atoms with Crippen LogP contribution in [0.3, 0.4) is 0 Å². The quantitative estimate of drug-likeness (QED) is 0.536. The van der Waals surface area contributed by atoms with Gasteiger partial charge < -0.3 is 5.73 Å². The number of nitrogens with zero attached hydrogens (tertiary/aromatic N) is 3. The van der Waals surface area contributed by atoms with E-state index in [1.54, 1.807) is 12.1 Å². The van der Waals surface area contributed by atoms with Crippen molar-refractivity contribution < 1.29 is 13.2 Å². The molecule has 0 amide bonds. The van der Waals surface area contributed by atoms with E-state index in [1.165, 1.54) is 19.1 Å². The third kappa shape index (κ3) is 3.55. The van der Waals surface area contributed by atoms with E-state index >= 15 is 0 Å². The van der Waals surface area contributed by atoms with E-state index in [-0.39, 0.29) is 17.4 Å². The van der Waals surface area contributed by atoms with Gasteiger partial charge in [-0.3, -0.25) is 0 Å². The van der Waals surface area contributed by atoms with Crippen LogP contribution in [0.4, 0.5) is 18.9 Å². The Morgan fingerprint density at radius 2 is 1.95 bits per heavy atom. The molecule has 0 aliphatic rings. The summed E-state index contributed by atoms with van der Waals surface area (Å²) in [4.78, 5) is 4.00. The minimum absolute atomic E-state index is 0.0817. The molecule has 0 aliphatic carbocycles. The van der Waals surface area contributed by atoms with Crippen molar-refractivity contribution in [3.8, 4) is 5.69 Å². The molecular weight excluding hydrogens is 305 g/mol. The average molecular weight is 317 g/mol. The van der Waals surface area contributed by atoms with Gasteiger partial charge in [0.05, 0.1) is 22.9 Å². The first-order valence-electron chi connectivity index (χ1n) is 5.94. The third-order valence-electron chi connectivity index (χ3n) is 2.63. The lowest BCUT2D eigenvalue weighted by atomic mass is 10.2. The fourth-order valence-corrected chi connectivity index (χ4v) is 1.82. The molecular formula is C13H12ClF3N4. The maximum Gasteiger partial charge on any atom is 0.433 e. The molecule has 0 saturated carbocycles. The van der Waals surface area contributed by atoms with Crippen molar-refractivity contribution >= 4 is 23.1 Å². The summed E-state index contributed by atoms with van der Waals surface area (Å²) in [7, 11) is 0. The van der Waals surface area contributed by atoms with Gasteiger partial charge in [-0.15, -0.1) is 11.6 Å². The summed E-state index contributed by atoms with van der Waals surface area (Å²) in [6.45, 7) is 1.51. The normalized spacial score (nSPS) is 12.7. The Hall–Kier alpha value is -2.02.